The van der Waals surface area contributed by atoms with E-state index in [-0.39, 0.29) is 43.1 Å². The summed E-state index contributed by atoms with van der Waals surface area (Å²) in [5.74, 6) is -0.263. The van der Waals surface area contributed by atoms with Crippen molar-refractivity contribution in [2.75, 3.05) is 13.1 Å². The number of aromatic hydroxyl groups is 1. The van der Waals surface area contributed by atoms with Gasteiger partial charge in [0.1, 0.15) is 18.4 Å². The maximum Gasteiger partial charge on any atom is 0.436 e. The second-order valence-corrected chi connectivity index (χ2v) is 11.9. The number of fused-ring (bicyclic) bond motifs is 2. The zero-order chi connectivity index (χ0) is 30.0. The summed E-state index contributed by atoms with van der Waals surface area (Å²) in [6.07, 6.45) is -1.50. The maximum absolute atomic E-state index is 13.9. The van der Waals surface area contributed by atoms with Crippen LogP contribution in [0.3, 0.4) is 0 Å². The molecule has 0 aliphatic carbocycles. The van der Waals surface area contributed by atoms with Crippen LogP contribution in [-0.4, -0.2) is 69.3 Å². The summed E-state index contributed by atoms with van der Waals surface area (Å²) in [6.45, 7) is 8.51. The number of carbonyl (C=O) groups excluding carboxylic acids is 3. The van der Waals surface area contributed by atoms with Gasteiger partial charge >= 0.3 is 6.09 Å². The number of hydrogen-bond donors (Lipinski definition) is 1. The molecule has 0 aromatic heterocycles. The van der Waals surface area contributed by atoms with Gasteiger partial charge in [0.15, 0.2) is 12.3 Å². The number of amides is 3. The molecule has 42 heavy (non-hydrogen) atoms. The largest absolute Gasteiger partial charge is 0.508 e. The van der Waals surface area contributed by atoms with Gasteiger partial charge in [0.25, 0.3) is 5.91 Å². The average Bonchev–Trinajstić information content (AvgIpc) is 2.97. The Hall–Kier alpha value is -4.11. The molecule has 2 fully saturated rings. The number of ether oxygens (including phenoxy) is 1. The van der Waals surface area contributed by atoms with Gasteiger partial charge in [-0.15, -0.1) is 0 Å². The van der Waals surface area contributed by atoms with Crippen molar-refractivity contribution < 1.29 is 29.1 Å². The highest BCUT2D eigenvalue weighted by Crippen LogP contribution is 2.32. The molecular formula is C33H39N3O6. The fraction of sp³-hybridized carbons (Fsp3) is 0.424. The van der Waals surface area contributed by atoms with E-state index in [1.165, 1.54) is 4.90 Å². The third-order valence-corrected chi connectivity index (χ3v) is 7.99. The molecule has 0 spiro atoms. The third-order valence-electron chi connectivity index (χ3n) is 7.99. The average molecular weight is 574 g/mol. The van der Waals surface area contributed by atoms with Gasteiger partial charge in [-0.2, -0.15) is 5.06 Å². The monoisotopic (exact) mass is 573 g/mol. The lowest BCUT2D eigenvalue weighted by molar-refractivity contribution is -0.273. The van der Waals surface area contributed by atoms with Crippen LogP contribution in [0.15, 0.2) is 66.7 Å². The zero-order valence-corrected chi connectivity index (χ0v) is 24.6. The maximum atomic E-state index is 13.9. The Kier molecular flexibility index (Phi) is 8.68. The van der Waals surface area contributed by atoms with E-state index in [9.17, 15) is 19.5 Å². The van der Waals surface area contributed by atoms with E-state index in [0.29, 0.717) is 12.5 Å². The van der Waals surface area contributed by atoms with E-state index in [1.807, 2.05) is 56.3 Å². The van der Waals surface area contributed by atoms with Crippen LogP contribution in [0.1, 0.15) is 45.2 Å². The standard InChI is InChI=1S/C33H39N3O6/c1-21(2)16-17-34-19-29-35(28(31(34)38)18-23-12-14-26(37)15-13-23)32(39)30(22(3)4)42-36(29)33(40)41-20-25-10-7-9-24-8-5-6-11-27(24)25/h5-15,21-22,28-30,37H,16-20H2,1-4H3/t28-,29?,30+/m0/s1. The van der Waals surface area contributed by atoms with Gasteiger partial charge in [-0.3, -0.25) is 14.4 Å². The van der Waals surface area contributed by atoms with Crippen LogP contribution in [0.2, 0.25) is 0 Å². The molecule has 3 amide bonds. The van der Waals surface area contributed by atoms with Gasteiger partial charge in [-0.1, -0.05) is 82.3 Å². The third kappa shape index (κ3) is 6.06. The van der Waals surface area contributed by atoms with Gasteiger partial charge in [0.05, 0.1) is 6.54 Å². The minimum atomic E-state index is -0.955. The molecule has 3 aromatic carbocycles. The topological polar surface area (TPSA) is 99.6 Å². The van der Waals surface area contributed by atoms with Gasteiger partial charge in [0.2, 0.25) is 5.91 Å². The highest BCUT2D eigenvalue weighted by Gasteiger charge is 2.53. The molecule has 222 valence electrons. The molecule has 9 heteroatoms. The van der Waals surface area contributed by atoms with Crippen LogP contribution in [-0.2, 0) is 32.2 Å². The highest BCUT2D eigenvalue weighted by atomic mass is 16.7. The lowest BCUT2D eigenvalue weighted by Crippen LogP contribution is -2.74. The fourth-order valence-electron chi connectivity index (χ4n) is 5.63. The molecule has 0 saturated carbocycles. The van der Waals surface area contributed by atoms with Gasteiger partial charge in [0, 0.05) is 13.0 Å². The second kappa shape index (κ2) is 12.4. The minimum absolute atomic E-state index is 0.0278. The van der Waals surface area contributed by atoms with Crippen molar-refractivity contribution >= 4 is 28.7 Å². The number of rotatable bonds is 8. The molecule has 0 bridgehead atoms. The molecule has 3 aromatic rings. The van der Waals surface area contributed by atoms with Crippen LogP contribution < -0.4 is 0 Å². The minimum Gasteiger partial charge on any atom is -0.508 e. The van der Waals surface area contributed by atoms with Crippen molar-refractivity contribution in [3.63, 3.8) is 0 Å². The number of phenolic OH excluding ortho intramolecular Hbond substituents is 1. The Labute approximate surface area is 246 Å². The number of piperazine rings is 1. The SMILES string of the molecule is CC(C)CCN1CC2N(C(=O)OCc3cccc4ccccc34)O[C@H](C(C)C)C(=O)N2[C@@H](Cc2ccc(O)cc2)C1=O. The van der Waals surface area contributed by atoms with Crippen molar-refractivity contribution in [2.24, 2.45) is 11.8 Å². The molecular weight excluding hydrogens is 534 g/mol. The van der Waals surface area contributed by atoms with Crippen molar-refractivity contribution in [3.8, 4) is 5.75 Å². The molecule has 2 aliphatic rings. The summed E-state index contributed by atoms with van der Waals surface area (Å²) in [5.41, 5.74) is 1.65. The molecule has 5 rings (SSSR count). The quantitative estimate of drug-likeness (QED) is 0.402. The lowest BCUT2D eigenvalue weighted by atomic mass is 9.96. The van der Waals surface area contributed by atoms with Gasteiger partial charge in [-0.25, -0.2) is 4.79 Å². The predicted molar refractivity (Wildman–Crippen MR) is 158 cm³/mol. The van der Waals surface area contributed by atoms with E-state index >= 15 is 0 Å². The first-order valence-electron chi connectivity index (χ1n) is 14.6. The first-order chi connectivity index (χ1) is 20.1. The van der Waals surface area contributed by atoms with E-state index in [2.05, 4.69) is 13.8 Å². The molecule has 2 saturated heterocycles. The Morgan fingerprint density at radius 3 is 2.40 bits per heavy atom. The number of carbonyl (C=O) groups is 3. The van der Waals surface area contributed by atoms with Gasteiger partial charge < -0.3 is 19.6 Å². The summed E-state index contributed by atoms with van der Waals surface area (Å²) in [7, 11) is 0. The summed E-state index contributed by atoms with van der Waals surface area (Å²) >= 11 is 0. The Bertz CT molecular complexity index is 1430. The molecule has 2 aliphatic heterocycles. The molecule has 9 nitrogen and oxygen atoms in total. The van der Waals surface area contributed by atoms with Crippen LogP contribution in [0.5, 0.6) is 5.75 Å². The van der Waals surface area contributed by atoms with E-state index < -0.39 is 24.4 Å². The van der Waals surface area contributed by atoms with Crippen LogP contribution in [0.25, 0.3) is 10.8 Å². The second-order valence-electron chi connectivity index (χ2n) is 11.9. The van der Waals surface area contributed by atoms with Crippen molar-refractivity contribution in [2.45, 2.75) is 65.5 Å². The zero-order valence-electron chi connectivity index (χ0n) is 24.6. The number of benzene rings is 3. The summed E-state index contributed by atoms with van der Waals surface area (Å²) in [5, 5.41) is 13.0. The number of hydrogen-bond acceptors (Lipinski definition) is 6. The predicted octanol–water partition coefficient (Wildman–Crippen LogP) is 5.11. The highest BCUT2D eigenvalue weighted by molar-refractivity contribution is 5.92. The van der Waals surface area contributed by atoms with E-state index in [4.69, 9.17) is 9.57 Å². The molecule has 3 atom stereocenters. The van der Waals surface area contributed by atoms with Crippen LogP contribution >= 0.6 is 0 Å². The Morgan fingerprint density at radius 2 is 1.69 bits per heavy atom. The summed E-state index contributed by atoms with van der Waals surface area (Å²) < 4.78 is 5.81. The Balaban J connectivity index is 1.46. The molecule has 2 heterocycles. The summed E-state index contributed by atoms with van der Waals surface area (Å²) in [6, 6.07) is 19.5. The van der Waals surface area contributed by atoms with E-state index in [0.717, 1.165) is 33.4 Å². The molecule has 1 N–H and O–H groups in total. The number of phenols is 1. The van der Waals surface area contributed by atoms with Crippen molar-refractivity contribution in [1.82, 2.24) is 14.9 Å². The first-order valence-corrected chi connectivity index (χ1v) is 14.6. The molecule has 0 radical (unpaired) electrons. The van der Waals surface area contributed by atoms with Crippen molar-refractivity contribution in [1.29, 1.82) is 0 Å². The fourth-order valence-corrected chi connectivity index (χ4v) is 5.63. The smallest absolute Gasteiger partial charge is 0.436 e. The lowest BCUT2D eigenvalue weighted by Gasteiger charge is -2.53. The van der Waals surface area contributed by atoms with Gasteiger partial charge in [-0.05, 0) is 52.3 Å². The normalized spacial score (nSPS) is 20.9. The van der Waals surface area contributed by atoms with E-state index in [1.54, 1.807) is 29.2 Å². The summed E-state index contributed by atoms with van der Waals surface area (Å²) in [4.78, 5) is 50.8. The Morgan fingerprint density at radius 1 is 0.976 bits per heavy atom. The first kappa shape index (κ1) is 29.4. The van der Waals surface area contributed by atoms with Crippen LogP contribution in [0.4, 0.5) is 4.79 Å². The molecule has 1 unspecified atom stereocenters. The van der Waals surface area contributed by atoms with Crippen molar-refractivity contribution in [3.05, 3.63) is 77.9 Å². The van der Waals surface area contributed by atoms with Crippen LogP contribution in [0, 0.1) is 11.8 Å². The number of nitrogens with zero attached hydrogens (tertiary/aromatic N) is 3. The number of hydroxylamine groups is 2.